The molecule has 0 aromatic carbocycles. The molecule has 3 aromatic heterocycles. The van der Waals surface area contributed by atoms with Crippen LogP contribution in [0.3, 0.4) is 0 Å². The third kappa shape index (κ3) is 5.53. The standard InChI is InChI=1S/C27H27F4N5O2/c1-17-22(16-34-36(17)25-7-4-20(15-32-25)27(29,30)31)24(37)13-18-12-23(28)26(33-14-18)19-2-5-21(6-3-19)35-8-10-38-11-9-35/h2,4,7,12,14-16,21H,3,5-6,8-11,13H2,1H3. The first kappa shape index (κ1) is 26.2. The molecule has 5 rings (SSSR count). The molecular weight excluding hydrogens is 502 g/mol. The first-order chi connectivity index (χ1) is 18.2. The van der Waals surface area contributed by atoms with Crippen molar-refractivity contribution >= 4 is 11.4 Å². The van der Waals surface area contributed by atoms with Crippen LogP contribution in [-0.2, 0) is 17.3 Å². The summed E-state index contributed by atoms with van der Waals surface area (Å²) in [5.41, 5.74) is 1.46. The molecule has 0 radical (unpaired) electrons. The van der Waals surface area contributed by atoms with Crippen LogP contribution < -0.4 is 0 Å². The fourth-order valence-corrected chi connectivity index (χ4v) is 4.99. The van der Waals surface area contributed by atoms with E-state index >= 15 is 4.39 Å². The van der Waals surface area contributed by atoms with Crippen molar-refractivity contribution in [3.8, 4) is 5.82 Å². The van der Waals surface area contributed by atoms with Gasteiger partial charge in [-0.15, -0.1) is 0 Å². The van der Waals surface area contributed by atoms with Crippen molar-refractivity contribution in [2.45, 2.75) is 44.8 Å². The number of ketones is 1. The lowest BCUT2D eigenvalue weighted by molar-refractivity contribution is -0.137. The molecule has 200 valence electrons. The number of carbonyl (C=O) groups is 1. The Hall–Kier alpha value is -3.44. The molecule has 0 spiro atoms. The number of morpholine rings is 1. The van der Waals surface area contributed by atoms with Crippen molar-refractivity contribution < 1.29 is 27.1 Å². The number of pyridine rings is 2. The van der Waals surface area contributed by atoms with Gasteiger partial charge in [0.15, 0.2) is 11.6 Å². The second kappa shape index (κ2) is 10.7. The molecule has 11 heteroatoms. The number of Topliss-reactive ketones (excluding diaryl/α,β-unsaturated/α-hetero) is 1. The Morgan fingerprint density at radius 2 is 1.92 bits per heavy atom. The Bertz CT molecular complexity index is 1340. The van der Waals surface area contributed by atoms with Crippen molar-refractivity contribution in [1.82, 2.24) is 24.6 Å². The fourth-order valence-electron chi connectivity index (χ4n) is 4.99. The predicted molar refractivity (Wildman–Crippen MR) is 131 cm³/mol. The minimum absolute atomic E-state index is 0.0880. The van der Waals surface area contributed by atoms with Gasteiger partial charge in [0.2, 0.25) is 0 Å². The van der Waals surface area contributed by atoms with E-state index in [2.05, 4.69) is 26.0 Å². The van der Waals surface area contributed by atoms with Crippen molar-refractivity contribution in [1.29, 1.82) is 0 Å². The molecule has 1 aliphatic carbocycles. The van der Waals surface area contributed by atoms with Crippen LogP contribution in [-0.4, -0.2) is 62.8 Å². The summed E-state index contributed by atoms with van der Waals surface area (Å²) in [6.45, 7) is 4.96. The summed E-state index contributed by atoms with van der Waals surface area (Å²) in [7, 11) is 0. The second-order valence-corrected chi connectivity index (χ2v) is 9.54. The number of hydrogen-bond acceptors (Lipinski definition) is 6. The predicted octanol–water partition coefficient (Wildman–Crippen LogP) is 4.82. The number of halogens is 4. The van der Waals surface area contributed by atoms with Crippen LogP contribution in [0.15, 0.2) is 42.9 Å². The summed E-state index contributed by atoms with van der Waals surface area (Å²) in [6.07, 6.45) is 3.57. The molecule has 1 aliphatic heterocycles. The Labute approximate surface area is 217 Å². The first-order valence-corrected chi connectivity index (χ1v) is 12.5. The number of rotatable bonds is 6. The highest BCUT2D eigenvalue weighted by Crippen LogP contribution is 2.31. The summed E-state index contributed by atoms with van der Waals surface area (Å²) < 4.78 is 60.2. The Kier molecular flexibility index (Phi) is 7.40. The molecular formula is C27H27F4N5O2. The maximum absolute atomic E-state index is 15.0. The zero-order valence-corrected chi connectivity index (χ0v) is 20.8. The smallest absolute Gasteiger partial charge is 0.379 e. The van der Waals surface area contributed by atoms with Gasteiger partial charge in [0.05, 0.1) is 36.2 Å². The number of aromatic nitrogens is 4. The second-order valence-electron chi connectivity index (χ2n) is 9.54. The Morgan fingerprint density at radius 3 is 2.55 bits per heavy atom. The van der Waals surface area contributed by atoms with Crippen LogP contribution in [0.5, 0.6) is 0 Å². The van der Waals surface area contributed by atoms with Crippen molar-refractivity contribution in [3.63, 3.8) is 0 Å². The van der Waals surface area contributed by atoms with Gasteiger partial charge in [0.25, 0.3) is 0 Å². The first-order valence-electron chi connectivity index (χ1n) is 12.5. The largest absolute Gasteiger partial charge is 0.417 e. The van der Waals surface area contributed by atoms with Crippen molar-refractivity contribution in [3.05, 3.63) is 76.8 Å². The van der Waals surface area contributed by atoms with Crippen LogP contribution in [0.25, 0.3) is 11.4 Å². The molecule has 0 amide bonds. The highest BCUT2D eigenvalue weighted by molar-refractivity contribution is 5.98. The average molecular weight is 530 g/mol. The molecule has 0 saturated carbocycles. The number of carbonyl (C=O) groups excluding carboxylic acids is 1. The Morgan fingerprint density at radius 1 is 1.13 bits per heavy atom. The van der Waals surface area contributed by atoms with E-state index in [1.165, 1.54) is 29.2 Å². The summed E-state index contributed by atoms with van der Waals surface area (Å²) in [5.74, 6) is -0.615. The molecule has 4 heterocycles. The van der Waals surface area contributed by atoms with Gasteiger partial charge < -0.3 is 4.74 Å². The van der Waals surface area contributed by atoms with Gasteiger partial charge in [-0.1, -0.05) is 6.08 Å². The van der Waals surface area contributed by atoms with Crippen molar-refractivity contribution in [2.24, 2.45) is 0 Å². The van der Waals surface area contributed by atoms with E-state index in [0.29, 0.717) is 23.0 Å². The third-order valence-electron chi connectivity index (χ3n) is 7.11. The highest BCUT2D eigenvalue weighted by atomic mass is 19.4. The van der Waals surface area contributed by atoms with Crippen LogP contribution in [0.4, 0.5) is 17.6 Å². The van der Waals surface area contributed by atoms with Gasteiger partial charge in [0.1, 0.15) is 11.5 Å². The van der Waals surface area contributed by atoms with Crippen LogP contribution >= 0.6 is 0 Å². The van der Waals surface area contributed by atoms with Crippen LogP contribution in [0.1, 0.15) is 52.1 Å². The van der Waals surface area contributed by atoms with Gasteiger partial charge in [-0.3, -0.25) is 14.7 Å². The molecule has 1 unspecified atom stereocenters. The van der Waals surface area contributed by atoms with E-state index in [0.717, 1.165) is 63.4 Å². The van der Waals surface area contributed by atoms with Gasteiger partial charge in [-0.2, -0.15) is 18.3 Å². The minimum Gasteiger partial charge on any atom is -0.379 e. The monoisotopic (exact) mass is 529 g/mol. The van der Waals surface area contributed by atoms with E-state index in [9.17, 15) is 18.0 Å². The van der Waals surface area contributed by atoms with E-state index in [4.69, 9.17) is 4.74 Å². The summed E-state index contributed by atoms with van der Waals surface area (Å²) in [4.78, 5) is 23.5. The third-order valence-corrected chi connectivity index (χ3v) is 7.11. The van der Waals surface area contributed by atoms with Gasteiger partial charge in [-0.05, 0) is 55.5 Å². The van der Waals surface area contributed by atoms with E-state index in [1.54, 1.807) is 6.92 Å². The molecule has 3 aromatic rings. The number of hydrogen-bond donors (Lipinski definition) is 0. The summed E-state index contributed by atoms with van der Waals surface area (Å²) in [5, 5.41) is 4.12. The van der Waals surface area contributed by atoms with E-state index in [-0.39, 0.29) is 23.6 Å². The quantitative estimate of drug-likeness (QED) is 0.337. The van der Waals surface area contributed by atoms with E-state index in [1.807, 2.05) is 0 Å². The van der Waals surface area contributed by atoms with Crippen LogP contribution in [0.2, 0.25) is 0 Å². The highest BCUT2D eigenvalue weighted by Gasteiger charge is 2.31. The Balaban J connectivity index is 1.25. The lowest BCUT2D eigenvalue weighted by atomic mass is 9.91. The lowest BCUT2D eigenvalue weighted by Crippen LogP contribution is -2.44. The fraction of sp³-hybridized carbons (Fsp3) is 0.407. The molecule has 0 bridgehead atoms. The molecule has 38 heavy (non-hydrogen) atoms. The summed E-state index contributed by atoms with van der Waals surface area (Å²) in [6, 6.07) is 3.88. The maximum Gasteiger partial charge on any atom is 0.417 e. The minimum atomic E-state index is -4.50. The van der Waals surface area contributed by atoms with E-state index < -0.39 is 17.6 Å². The number of alkyl halides is 3. The lowest BCUT2D eigenvalue weighted by Gasteiger charge is -2.36. The molecule has 2 aliphatic rings. The number of allylic oxidation sites excluding steroid dienone is 1. The van der Waals surface area contributed by atoms with Gasteiger partial charge >= 0.3 is 6.18 Å². The maximum atomic E-state index is 15.0. The number of ether oxygens (including phenoxy) is 1. The topological polar surface area (TPSA) is 73.1 Å². The molecule has 0 N–H and O–H groups in total. The van der Waals surface area contributed by atoms with Gasteiger partial charge in [-0.25, -0.2) is 14.1 Å². The molecule has 1 fully saturated rings. The molecule has 1 saturated heterocycles. The summed E-state index contributed by atoms with van der Waals surface area (Å²) >= 11 is 0. The average Bonchev–Trinajstić information content (AvgIpc) is 3.30. The SMILES string of the molecule is Cc1c(C(=O)Cc2cnc(C3=CCC(N4CCOCC4)CC3)c(F)c2)cnn1-c1ccc(C(F)(F)F)cn1. The zero-order valence-electron chi connectivity index (χ0n) is 20.8. The van der Waals surface area contributed by atoms with Gasteiger partial charge in [0, 0.05) is 37.9 Å². The number of nitrogens with zero attached hydrogens (tertiary/aromatic N) is 5. The molecule has 7 nitrogen and oxygen atoms in total. The zero-order chi connectivity index (χ0) is 26.9. The normalized spacial score (nSPS) is 18.9. The van der Waals surface area contributed by atoms with Crippen LogP contribution in [0, 0.1) is 12.7 Å². The van der Waals surface area contributed by atoms with Crippen molar-refractivity contribution in [2.75, 3.05) is 26.3 Å². The molecule has 1 atom stereocenters.